The van der Waals surface area contributed by atoms with Crippen LogP contribution in [0.15, 0.2) is 47.6 Å². The summed E-state index contributed by atoms with van der Waals surface area (Å²) in [7, 11) is 0. The smallest absolute Gasteiger partial charge is 0.334 e. The molecular formula is C34H52O6. The number of fused-ring (bicyclic) bond motifs is 1. The molecule has 1 saturated heterocycles. The Morgan fingerprint density at radius 3 is 2.58 bits per heavy atom. The molecule has 4 aliphatic rings. The molecule has 6 heteroatoms. The number of ether oxygens (including phenoxy) is 2. The predicted octanol–water partition coefficient (Wildman–Crippen LogP) is 5.68. The molecule has 6 nitrogen and oxygen atoms in total. The van der Waals surface area contributed by atoms with Crippen molar-refractivity contribution in [1.29, 1.82) is 0 Å². The highest BCUT2D eigenvalue weighted by atomic mass is 16.6. The van der Waals surface area contributed by atoms with Crippen LogP contribution in [0.2, 0.25) is 0 Å². The summed E-state index contributed by atoms with van der Waals surface area (Å²) < 4.78 is 11.5. The highest BCUT2D eigenvalue weighted by molar-refractivity contribution is 5.90. The van der Waals surface area contributed by atoms with Gasteiger partial charge in [-0.25, -0.2) is 4.79 Å². The van der Waals surface area contributed by atoms with Crippen molar-refractivity contribution < 1.29 is 29.6 Å². The van der Waals surface area contributed by atoms with Gasteiger partial charge in [0.05, 0.1) is 6.10 Å². The number of cyclic esters (lactones) is 1. The van der Waals surface area contributed by atoms with E-state index in [1.54, 1.807) is 0 Å². The SMILES string of the molecule is C=C1/C(=C\C=C2/CCC[C@]3(C)[C@@H]([C@H](C)C[C@@H]4OC(=O)C(=C)[C@@H]4CC(C)C)CC[C@@H]23)C[C@@H](O)[C@H](OCCCO)[C@@H]1O. The van der Waals surface area contributed by atoms with E-state index in [-0.39, 0.29) is 30.0 Å². The van der Waals surface area contributed by atoms with Crippen LogP contribution in [0.5, 0.6) is 0 Å². The molecule has 3 N–H and O–H groups in total. The maximum atomic E-state index is 12.4. The first-order valence-corrected chi connectivity index (χ1v) is 15.5. The fourth-order valence-electron chi connectivity index (χ4n) is 8.37. The lowest BCUT2D eigenvalue weighted by atomic mass is 9.60. The summed E-state index contributed by atoms with van der Waals surface area (Å²) in [6.07, 6.45) is 10.3. The minimum atomic E-state index is -0.958. The molecule has 1 heterocycles. The van der Waals surface area contributed by atoms with Gasteiger partial charge in [0.1, 0.15) is 18.3 Å². The molecule has 0 aromatic heterocycles. The minimum absolute atomic E-state index is 0.0146. The van der Waals surface area contributed by atoms with E-state index in [0.29, 0.717) is 54.3 Å². The van der Waals surface area contributed by atoms with Crippen LogP contribution in [0, 0.1) is 35.0 Å². The predicted molar refractivity (Wildman–Crippen MR) is 157 cm³/mol. The van der Waals surface area contributed by atoms with Crippen molar-refractivity contribution >= 4 is 5.97 Å². The standard InChI is InChI=1S/C34H52O6/c1-20(2)17-26-23(5)33(38)40-30(26)18-21(3)27-12-13-28-24(9-7-14-34(27,28)6)10-11-25-19-29(36)32(31(37)22(25)4)39-16-8-15-35/h10-11,20-21,26-32,35-37H,4-5,7-9,12-19H2,1-3,6H3/b24-10+,25-11-/t21-,26+,27-,28+,29-,30+,31-,32+,34-/m1/s1. The van der Waals surface area contributed by atoms with Gasteiger partial charge in [-0.05, 0) is 91.6 Å². The Balaban J connectivity index is 1.45. The number of hydrogen-bond acceptors (Lipinski definition) is 6. The molecule has 0 radical (unpaired) electrons. The molecule has 4 rings (SSSR count). The highest BCUT2D eigenvalue weighted by Crippen LogP contribution is 2.60. The van der Waals surface area contributed by atoms with Crippen molar-refractivity contribution in [3.8, 4) is 0 Å². The largest absolute Gasteiger partial charge is 0.458 e. The number of carbonyl (C=O) groups excluding carboxylic acids is 1. The summed E-state index contributed by atoms with van der Waals surface area (Å²) in [4.78, 5) is 12.4. The third-order valence-electron chi connectivity index (χ3n) is 10.5. The van der Waals surface area contributed by atoms with Crippen molar-refractivity contribution in [2.45, 2.75) is 110 Å². The second-order valence-electron chi connectivity index (χ2n) is 13.6. The number of allylic oxidation sites excluding steroid dienone is 3. The first kappa shape index (κ1) is 31.2. The topological polar surface area (TPSA) is 96.2 Å². The Morgan fingerprint density at radius 2 is 1.88 bits per heavy atom. The molecular weight excluding hydrogens is 504 g/mol. The lowest BCUT2D eigenvalue weighted by molar-refractivity contribution is -0.140. The normalized spacial score (nSPS) is 39.3. The van der Waals surface area contributed by atoms with Crippen LogP contribution in [-0.2, 0) is 14.3 Å². The van der Waals surface area contributed by atoms with Gasteiger partial charge in [0.25, 0.3) is 0 Å². The van der Waals surface area contributed by atoms with E-state index >= 15 is 0 Å². The molecule has 9 atom stereocenters. The first-order chi connectivity index (χ1) is 19.0. The average molecular weight is 557 g/mol. The fourth-order valence-corrected chi connectivity index (χ4v) is 8.37. The van der Waals surface area contributed by atoms with E-state index in [1.165, 1.54) is 24.8 Å². The molecule has 0 unspecified atom stereocenters. The van der Waals surface area contributed by atoms with Gasteiger partial charge in [0, 0.05) is 31.1 Å². The Morgan fingerprint density at radius 1 is 1.12 bits per heavy atom. The van der Waals surface area contributed by atoms with Crippen LogP contribution < -0.4 is 0 Å². The molecule has 0 bridgehead atoms. The third-order valence-corrected chi connectivity index (χ3v) is 10.5. The van der Waals surface area contributed by atoms with E-state index < -0.39 is 18.3 Å². The lowest BCUT2D eigenvalue weighted by Gasteiger charge is -2.45. The summed E-state index contributed by atoms with van der Waals surface area (Å²) in [6.45, 7) is 17.7. The van der Waals surface area contributed by atoms with Crippen molar-refractivity contribution in [1.82, 2.24) is 0 Å². The number of aliphatic hydroxyl groups is 3. The maximum absolute atomic E-state index is 12.4. The summed E-state index contributed by atoms with van der Waals surface area (Å²) in [5, 5.41) is 30.5. The minimum Gasteiger partial charge on any atom is -0.458 e. The van der Waals surface area contributed by atoms with E-state index in [2.05, 4.69) is 53.0 Å². The number of esters is 1. The van der Waals surface area contributed by atoms with Crippen LogP contribution >= 0.6 is 0 Å². The molecule has 0 spiro atoms. The monoisotopic (exact) mass is 556 g/mol. The number of carbonyl (C=O) groups is 1. The molecule has 0 aromatic carbocycles. The molecule has 4 fully saturated rings. The average Bonchev–Trinajstić information content (AvgIpc) is 3.38. The summed E-state index contributed by atoms with van der Waals surface area (Å²) in [5.74, 6) is 1.96. The van der Waals surface area contributed by atoms with Gasteiger partial charge in [-0.3, -0.25) is 0 Å². The summed E-state index contributed by atoms with van der Waals surface area (Å²) in [6, 6.07) is 0. The number of aliphatic hydroxyl groups excluding tert-OH is 3. The highest BCUT2D eigenvalue weighted by Gasteiger charge is 2.52. The Kier molecular flexibility index (Phi) is 10.2. The molecule has 0 aromatic rings. The van der Waals surface area contributed by atoms with E-state index in [1.807, 2.05) is 0 Å². The first-order valence-electron chi connectivity index (χ1n) is 15.5. The van der Waals surface area contributed by atoms with E-state index in [4.69, 9.17) is 14.6 Å². The summed E-state index contributed by atoms with van der Waals surface area (Å²) >= 11 is 0. The van der Waals surface area contributed by atoms with Gasteiger partial charge < -0.3 is 24.8 Å². The van der Waals surface area contributed by atoms with Crippen LogP contribution in [0.4, 0.5) is 0 Å². The van der Waals surface area contributed by atoms with Crippen LogP contribution in [0.3, 0.4) is 0 Å². The molecule has 1 aliphatic heterocycles. The maximum Gasteiger partial charge on any atom is 0.334 e. The molecule has 0 amide bonds. The molecule has 224 valence electrons. The molecule has 3 saturated carbocycles. The molecule has 3 aliphatic carbocycles. The van der Waals surface area contributed by atoms with E-state index in [9.17, 15) is 15.0 Å². The van der Waals surface area contributed by atoms with Gasteiger partial charge in [-0.2, -0.15) is 0 Å². The fraction of sp³-hybridized carbons (Fsp3) is 0.735. The Bertz CT molecular complexity index is 1010. The summed E-state index contributed by atoms with van der Waals surface area (Å²) in [5.41, 5.74) is 3.82. The van der Waals surface area contributed by atoms with Gasteiger partial charge in [-0.1, -0.05) is 58.6 Å². The zero-order valence-corrected chi connectivity index (χ0v) is 25.1. The third kappa shape index (κ3) is 6.35. The van der Waals surface area contributed by atoms with Gasteiger partial charge in [0.15, 0.2) is 0 Å². The van der Waals surface area contributed by atoms with Crippen molar-refractivity contribution in [2.24, 2.45) is 35.0 Å². The van der Waals surface area contributed by atoms with Gasteiger partial charge >= 0.3 is 5.97 Å². The van der Waals surface area contributed by atoms with E-state index in [0.717, 1.165) is 31.3 Å². The second kappa shape index (κ2) is 13.1. The second-order valence-corrected chi connectivity index (χ2v) is 13.6. The van der Waals surface area contributed by atoms with Crippen LogP contribution in [0.25, 0.3) is 0 Å². The Hall–Kier alpha value is -1.73. The van der Waals surface area contributed by atoms with Crippen molar-refractivity contribution in [2.75, 3.05) is 13.2 Å². The number of rotatable bonds is 10. The zero-order valence-electron chi connectivity index (χ0n) is 25.1. The van der Waals surface area contributed by atoms with Gasteiger partial charge in [0.2, 0.25) is 0 Å². The number of hydrogen-bond donors (Lipinski definition) is 3. The zero-order chi connectivity index (χ0) is 29.2. The van der Waals surface area contributed by atoms with Crippen LogP contribution in [-0.4, -0.2) is 58.9 Å². The van der Waals surface area contributed by atoms with Crippen molar-refractivity contribution in [3.63, 3.8) is 0 Å². The van der Waals surface area contributed by atoms with Crippen LogP contribution in [0.1, 0.15) is 85.5 Å². The van der Waals surface area contributed by atoms with Gasteiger partial charge in [-0.15, -0.1) is 0 Å². The quantitative estimate of drug-likeness (QED) is 0.182. The molecule has 40 heavy (non-hydrogen) atoms. The van der Waals surface area contributed by atoms with Crippen molar-refractivity contribution in [3.05, 3.63) is 47.6 Å². The lowest BCUT2D eigenvalue weighted by Crippen LogP contribution is -2.45. The Labute approximate surface area is 241 Å².